The van der Waals surface area contributed by atoms with Crippen molar-refractivity contribution in [2.75, 3.05) is 19.6 Å². The smallest absolute Gasteiger partial charge is 0.251 e. The zero-order valence-electron chi connectivity index (χ0n) is 16.3. The van der Waals surface area contributed by atoms with Gasteiger partial charge in [0, 0.05) is 34.7 Å². The number of nitrogens with one attached hydrogen (secondary N) is 2. The first kappa shape index (κ1) is 21.6. The molecule has 2 aromatic rings. The number of hydrogen-bond acceptors (Lipinski definition) is 3. The summed E-state index contributed by atoms with van der Waals surface area (Å²) in [5, 5.41) is 7.18. The third-order valence-corrected chi connectivity index (χ3v) is 5.69. The van der Waals surface area contributed by atoms with Crippen LogP contribution in [0.2, 0.25) is 10.0 Å². The topological polar surface area (TPSA) is 61.4 Å². The molecule has 1 fully saturated rings. The van der Waals surface area contributed by atoms with Crippen molar-refractivity contribution in [2.45, 2.75) is 31.8 Å². The molecule has 1 heterocycles. The molecule has 2 aromatic carbocycles. The van der Waals surface area contributed by atoms with Gasteiger partial charge in [0.05, 0.1) is 12.6 Å². The zero-order valence-corrected chi connectivity index (χ0v) is 17.8. The summed E-state index contributed by atoms with van der Waals surface area (Å²) in [5.41, 5.74) is 1.51. The van der Waals surface area contributed by atoms with Gasteiger partial charge in [-0.3, -0.25) is 14.5 Å². The van der Waals surface area contributed by atoms with Crippen LogP contribution in [0, 0.1) is 0 Å². The van der Waals surface area contributed by atoms with Gasteiger partial charge in [-0.25, -0.2) is 0 Å². The monoisotopic (exact) mass is 433 g/mol. The average molecular weight is 434 g/mol. The maximum Gasteiger partial charge on any atom is 0.251 e. The number of nitrogens with zero attached hydrogens (tertiary/aromatic N) is 1. The molecule has 2 amide bonds. The minimum absolute atomic E-state index is 0.0459. The number of amides is 2. The molecule has 1 unspecified atom stereocenters. The Morgan fingerprint density at radius 3 is 2.45 bits per heavy atom. The predicted octanol–water partition coefficient (Wildman–Crippen LogP) is 4.07. The fourth-order valence-corrected chi connectivity index (χ4v) is 4.09. The van der Waals surface area contributed by atoms with Crippen LogP contribution >= 0.6 is 23.2 Å². The summed E-state index contributed by atoms with van der Waals surface area (Å²) in [6, 6.07) is 14.4. The fraction of sp³-hybridized carbons (Fsp3) is 0.364. The second-order valence-corrected chi connectivity index (χ2v) is 8.19. The van der Waals surface area contributed by atoms with Gasteiger partial charge in [0.15, 0.2) is 0 Å². The van der Waals surface area contributed by atoms with Gasteiger partial charge in [-0.15, -0.1) is 0 Å². The minimum Gasteiger partial charge on any atom is -0.349 e. The molecule has 0 saturated carbocycles. The lowest BCUT2D eigenvalue weighted by molar-refractivity contribution is -0.123. The number of carbonyl (C=O) groups excluding carboxylic acids is 2. The van der Waals surface area contributed by atoms with Crippen molar-refractivity contribution in [3.63, 3.8) is 0 Å². The highest BCUT2D eigenvalue weighted by Gasteiger charge is 2.23. The Morgan fingerprint density at radius 2 is 1.79 bits per heavy atom. The minimum atomic E-state index is -0.199. The van der Waals surface area contributed by atoms with E-state index >= 15 is 0 Å². The number of piperidine rings is 1. The first-order valence-corrected chi connectivity index (χ1v) is 10.5. The Bertz CT molecular complexity index is 852. The van der Waals surface area contributed by atoms with Crippen LogP contribution in [-0.2, 0) is 4.79 Å². The molecule has 2 N–H and O–H groups in total. The van der Waals surface area contributed by atoms with Gasteiger partial charge in [0.2, 0.25) is 5.91 Å². The molecule has 0 aromatic heterocycles. The predicted molar refractivity (Wildman–Crippen MR) is 116 cm³/mol. The molecule has 3 rings (SSSR count). The number of benzene rings is 2. The second-order valence-electron chi connectivity index (χ2n) is 7.34. The molecule has 5 nitrogen and oxygen atoms in total. The molecule has 1 atom stereocenters. The highest BCUT2D eigenvalue weighted by atomic mass is 35.5. The Labute approximate surface area is 181 Å². The van der Waals surface area contributed by atoms with Crippen molar-refractivity contribution in [2.24, 2.45) is 0 Å². The van der Waals surface area contributed by atoms with E-state index in [1.807, 2.05) is 43.3 Å². The molecule has 1 aliphatic rings. The van der Waals surface area contributed by atoms with E-state index in [4.69, 9.17) is 23.2 Å². The van der Waals surface area contributed by atoms with Crippen LogP contribution in [0.4, 0.5) is 0 Å². The summed E-state index contributed by atoms with van der Waals surface area (Å²) in [7, 11) is 0. The number of rotatable bonds is 6. The van der Waals surface area contributed by atoms with Crippen LogP contribution in [0.25, 0.3) is 0 Å². The number of halogens is 2. The van der Waals surface area contributed by atoms with E-state index in [1.165, 1.54) is 0 Å². The second kappa shape index (κ2) is 10.1. The zero-order chi connectivity index (χ0) is 20.8. The summed E-state index contributed by atoms with van der Waals surface area (Å²) in [6.45, 7) is 3.76. The van der Waals surface area contributed by atoms with Gasteiger partial charge in [-0.05, 0) is 49.6 Å². The van der Waals surface area contributed by atoms with Crippen molar-refractivity contribution >= 4 is 35.0 Å². The van der Waals surface area contributed by atoms with Crippen LogP contribution in [0.5, 0.6) is 0 Å². The van der Waals surface area contributed by atoms with Crippen LogP contribution in [0.1, 0.15) is 41.7 Å². The third kappa shape index (κ3) is 6.20. The van der Waals surface area contributed by atoms with Crippen LogP contribution in [0.15, 0.2) is 48.5 Å². The molecule has 0 aliphatic carbocycles. The van der Waals surface area contributed by atoms with E-state index in [2.05, 4.69) is 15.5 Å². The Hall–Kier alpha value is -2.08. The van der Waals surface area contributed by atoms with E-state index < -0.39 is 0 Å². The SMILES string of the molecule is CC(NC(=O)CN1CCC(NC(=O)c2ccccc2)CC1)c1ccc(Cl)cc1Cl. The van der Waals surface area contributed by atoms with E-state index in [-0.39, 0.29) is 23.9 Å². The van der Waals surface area contributed by atoms with Crippen LogP contribution < -0.4 is 10.6 Å². The summed E-state index contributed by atoms with van der Waals surface area (Å²) in [6.07, 6.45) is 1.65. The summed E-state index contributed by atoms with van der Waals surface area (Å²) >= 11 is 12.2. The lowest BCUT2D eigenvalue weighted by atomic mass is 10.0. The molecular formula is C22H25Cl2N3O2. The molecule has 0 radical (unpaired) electrons. The van der Waals surface area contributed by atoms with Crippen molar-refractivity contribution < 1.29 is 9.59 Å². The molecule has 154 valence electrons. The standard InChI is InChI=1S/C22H25Cl2N3O2/c1-15(19-8-7-17(23)13-20(19)24)25-21(28)14-27-11-9-18(10-12-27)26-22(29)16-5-3-2-4-6-16/h2-8,13,15,18H,9-12,14H2,1H3,(H,25,28)(H,26,29). The van der Waals surface area contributed by atoms with Gasteiger partial charge < -0.3 is 10.6 Å². The normalized spacial score (nSPS) is 16.2. The summed E-state index contributed by atoms with van der Waals surface area (Å²) in [4.78, 5) is 26.8. The maximum atomic E-state index is 12.4. The lowest BCUT2D eigenvalue weighted by Crippen LogP contribution is -2.47. The molecule has 29 heavy (non-hydrogen) atoms. The Morgan fingerprint density at radius 1 is 1.10 bits per heavy atom. The molecule has 1 saturated heterocycles. The van der Waals surface area contributed by atoms with Gasteiger partial charge >= 0.3 is 0 Å². The van der Waals surface area contributed by atoms with E-state index in [1.54, 1.807) is 12.1 Å². The van der Waals surface area contributed by atoms with Crippen LogP contribution in [-0.4, -0.2) is 42.4 Å². The highest BCUT2D eigenvalue weighted by Crippen LogP contribution is 2.26. The molecule has 0 bridgehead atoms. The van der Waals surface area contributed by atoms with E-state index in [0.717, 1.165) is 31.5 Å². The van der Waals surface area contributed by atoms with Crippen molar-refractivity contribution in [1.82, 2.24) is 15.5 Å². The van der Waals surface area contributed by atoms with Crippen LogP contribution in [0.3, 0.4) is 0 Å². The maximum absolute atomic E-state index is 12.4. The highest BCUT2D eigenvalue weighted by molar-refractivity contribution is 6.35. The summed E-state index contributed by atoms with van der Waals surface area (Å²) in [5.74, 6) is -0.0919. The number of hydrogen-bond donors (Lipinski definition) is 2. The fourth-order valence-electron chi connectivity index (χ4n) is 3.51. The largest absolute Gasteiger partial charge is 0.349 e. The molecular weight excluding hydrogens is 409 g/mol. The molecule has 0 spiro atoms. The van der Waals surface area contributed by atoms with Crippen molar-refractivity contribution in [3.8, 4) is 0 Å². The van der Waals surface area contributed by atoms with Gasteiger partial charge in [0.25, 0.3) is 5.91 Å². The van der Waals surface area contributed by atoms with E-state index in [9.17, 15) is 9.59 Å². The lowest BCUT2D eigenvalue weighted by Gasteiger charge is -2.32. The van der Waals surface area contributed by atoms with E-state index in [0.29, 0.717) is 22.2 Å². The Kier molecular flexibility index (Phi) is 7.53. The summed E-state index contributed by atoms with van der Waals surface area (Å²) < 4.78 is 0. The van der Waals surface area contributed by atoms with Gasteiger partial charge in [0.1, 0.15) is 0 Å². The molecule has 1 aliphatic heterocycles. The Balaban J connectivity index is 1.43. The molecule has 7 heteroatoms. The first-order valence-electron chi connectivity index (χ1n) is 9.75. The first-order chi connectivity index (χ1) is 13.9. The van der Waals surface area contributed by atoms with Crippen molar-refractivity contribution in [3.05, 3.63) is 69.7 Å². The quantitative estimate of drug-likeness (QED) is 0.721. The van der Waals surface area contributed by atoms with Gasteiger partial charge in [-0.1, -0.05) is 47.5 Å². The van der Waals surface area contributed by atoms with Crippen molar-refractivity contribution in [1.29, 1.82) is 0 Å². The van der Waals surface area contributed by atoms with Gasteiger partial charge in [-0.2, -0.15) is 0 Å². The number of carbonyl (C=O) groups is 2. The average Bonchev–Trinajstić information content (AvgIpc) is 2.70. The third-order valence-electron chi connectivity index (χ3n) is 5.13. The number of likely N-dealkylation sites (tertiary alicyclic amines) is 1.